The molecule has 1 aliphatic carbocycles. The molecular weight excluding hydrogens is 310 g/mol. The van der Waals surface area contributed by atoms with Crippen molar-refractivity contribution in [2.24, 2.45) is 5.92 Å². The van der Waals surface area contributed by atoms with Crippen LogP contribution < -0.4 is 5.32 Å². The smallest absolute Gasteiger partial charge is 0.160 e. The van der Waals surface area contributed by atoms with E-state index in [1.807, 2.05) is 13.0 Å². The Hall–Kier alpha value is -1.61. The van der Waals surface area contributed by atoms with Gasteiger partial charge in [-0.05, 0) is 62.8 Å². The number of carbonyl (C=O) groups is 1. The van der Waals surface area contributed by atoms with Crippen molar-refractivity contribution in [1.82, 2.24) is 5.32 Å². The van der Waals surface area contributed by atoms with Crippen LogP contribution in [0.15, 0.2) is 18.2 Å². The van der Waals surface area contributed by atoms with Crippen LogP contribution in [0.1, 0.15) is 74.6 Å². The topological polar surface area (TPSA) is 49.3 Å². The number of hydrogen-bond donors (Lipinski definition) is 2. The molecule has 0 radical (unpaired) electrons. The van der Waals surface area contributed by atoms with Crippen LogP contribution in [0.3, 0.4) is 0 Å². The molecule has 1 aliphatic heterocycles. The summed E-state index contributed by atoms with van der Waals surface area (Å²) in [4.78, 5) is 12.9. The first-order valence-electron chi connectivity index (χ1n) is 9.67. The van der Waals surface area contributed by atoms with Gasteiger partial charge in [-0.3, -0.25) is 4.79 Å². The molecule has 0 spiro atoms. The SMILES string of the molecule is Cc1cc2c(cc1CO)/C(=C/C(=O)C1CCCCCC1)NC(C)(C)C2. The van der Waals surface area contributed by atoms with Gasteiger partial charge in [-0.2, -0.15) is 0 Å². The van der Waals surface area contributed by atoms with Crippen molar-refractivity contribution in [1.29, 1.82) is 0 Å². The van der Waals surface area contributed by atoms with E-state index < -0.39 is 0 Å². The number of aryl methyl sites for hydroxylation is 1. The van der Waals surface area contributed by atoms with E-state index in [0.717, 1.165) is 41.6 Å². The van der Waals surface area contributed by atoms with E-state index in [2.05, 4.69) is 31.3 Å². The molecule has 3 rings (SSSR count). The summed E-state index contributed by atoms with van der Waals surface area (Å²) in [6, 6.07) is 4.23. The monoisotopic (exact) mass is 341 g/mol. The van der Waals surface area contributed by atoms with Gasteiger partial charge in [0, 0.05) is 28.8 Å². The molecule has 0 unspecified atom stereocenters. The van der Waals surface area contributed by atoms with Crippen molar-refractivity contribution in [2.45, 2.75) is 77.9 Å². The average Bonchev–Trinajstić information content (AvgIpc) is 2.82. The zero-order valence-electron chi connectivity index (χ0n) is 15.8. The van der Waals surface area contributed by atoms with Crippen LogP contribution in [0, 0.1) is 12.8 Å². The minimum absolute atomic E-state index is 0.0341. The molecule has 3 heteroatoms. The van der Waals surface area contributed by atoms with Gasteiger partial charge >= 0.3 is 0 Å². The molecule has 2 aliphatic rings. The van der Waals surface area contributed by atoms with Gasteiger partial charge in [-0.15, -0.1) is 0 Å². The number of fused-ring (bicyclic) bond motifs is 1. The Balaban J connectivity index is 1.96. The lowest BCUT2D eigenvalue weighted by atomic mass is 9.83. The molecule has 0 atom stereocenters. The van der Waals surface area contributed by atoms with E-state index in [1.165, 1.54) is 31.2 Å². The Bertz CT molecular complexity index is 680. The highest BCUT2D eigenvalue weighted by Crippen LogP contribution is 2.33. The van der Waals surface area contributed by atoms with E-state index in [0.29, 0.717) is 0 Å². The molecule has 0 amide bonds. The fourth-order valence-electron chi connectivity index (χ4n) is 4.27. The normalized spacial score (nSPS) is 22.2. The van der Waals surface area contributed by atoms with Gasteiger partial charge in [0.1, 0.15) is 0 Å². The lowest BCUT2D eigenvalue weighted by Gasteiger charge is -2.36. The molecule has 0 saturated heterocycles. The van der Waals surface area contributed by atoms with Crippen molar-refractivity contribution in [2.75, 3.05) is 0 Å². The van der Waals surface area contributed by atoms with Crippen LogP contribution in [-0.4, -0.2) is 16.4 Å². The Labute approximate surface area is 151 Å². The first-order valence-corrected chi connectivity index (χ1v) is 9.67. The second kappa shape index (κ2) is 7.33. The fraction of sp³-hybridized carbons (Fsp3) is 0.591. The zero-order chi connectivity index (χ0) is 18.0. The van der Waals surface area contributed by atoms with Crippen LogP contribution in [0.4, 0.5) is 0 Å². The van der Waals surface area contributed by atoms with Crippen LogP contribution in [-0.2, 0) is 17.8 Å². The highest BCUT2D eigenvalue weighted by molar-refractivity contribution is 5.98. The summed E-state index contributed by atoms with van der Waals surface area (Å²) in [5.74, 6) is 0.437. The van der Waals surface area contributed by atoms with Crippen molar-refractivity contribution >= 4 is 11.5 Å². The summed E-state index contributed by atoms with van der Waals surface area (Å²) in [7, 11) is 0. The minimum Gasteiger partial charge on any atom is -0.392 e. The quantitative estimate of drug-likeness (QED) is 0.637. The van der Waals surface area contributed by atoms with Gasteiger partial charge in [0.25, 0.3) is 0 Å². The predicted molar refractivity (Wildman–Crippen MR) is 102 cm³/mol. The van der Waals surface area contributed by atoms with Crippen molar-refractivity contribution in [3.63, 3.8) is 0 Å². The van der Waals surface area contributed by atoms with Crippen LogP contribution in [0.5, 0.6) is 0 Å². The summed E-state index contributed by atoms with van der Waals surface area (Å²) in [5, 5.41) is 13.2. The molecule has 25 heavy (non-hydrogen) atoms. The molecular formula is C22H31NO2. The number of carbonyl (C=O) groups excluding carboxylic acids is 1. The van der Waals surface area contributed by atoms with E-state index in [-0.39, 0.29) is 23.8 Å². The number of rotatable bonds is 3. The van der Waals surface area contributed by atoms with Crippen molar-refractivity contribution < 1.29 is 9.90 Å². The number of allylic oxidation sites excluding steroid dienone is 1. The maximum Gasteiger partial charge on any atom is 0.160 e. The van der Waals surface area contributed by atoms with E-state index >= 15 is 0 Å². The molecule has 136 valence electrons. The summed E-state index contributed by atoms with van der Waals surface area (Å²) < 4.78 is 0. The van der Waals surface area contributed by atoms with E-state index in [9.17, 15) is 9.90 Å². The average molecular weight is 341 g/mol. The third kappa shape index (κ3) is 4.14. The molecule has 2 N–H and O–H groups in total. The fourth-order valence-corrected chi connectivity index (χ4v) is 4.27. The van der Waals surface area contributed by atoms with Gasteiger partial charge in [0.05, 0.1) is 6.61 Å². The minimum atomic E-state index is -0.0737. The molecule has 0 aromatic heterocycles. The maximum atomic E-state index is 12.9. The third-order valence-corrected chi connectivity index (χ3v) is 5.67. The second-order valence-electron chi connectivity index (χ2n) is 8.43. The highest BCUT2D eigenvalue weighted by Gasteiger charge is 2.29. The Morgan fingerprint density at radius 1 is 1.24 bits per heavy atom. The summed E-state index contributed by atoms with van der Waals surface area (Å²) in [5.41, 5.74) is 5.25. The molecule has 3 nitrogen and oxygen atoms in total. The number of hydrogen-bond acceptors (Lipinski definition) is 3. The highest BCUT2D eigenvalue weighted by atomic mass is 16.3. The predicted octanol–water partition coefficient (Wildman–Crippen LogP) is 4.29. The lowest BCUT2D eigenvalue weighted by Crippen LogP contribution is -2.44. The van der Waals surface area contributed by atoms with E-state index in [4.69, 9.17) is 0 Å². The second-order valence-corrected chi connectivity index (χ2v) is 8.43. The van der Waals surface area contributed by atoms with Crippen molar-refractivity contribution in [3.8, 4) is 0 Å². The Kier molecular flexibility index (Phi) is 5.33. The molecule has 1 aromatic rings. The molecule has 1 saturated carbocycles. The number of aliphatic hydroxyl groups excluding tert-OH is 1. The maximum absolute atomic E-state index is 12.9. The Morgan fingerprint density at radius 3 is 2.56 bits per heavy atom. The van der Waals surface area contributed by atoms with Gasteiger partial charge in [-0.25, -0.2) is 0 Å². The van der Waals surface area contributed by atoms with Gasteiger partial charge in [-0.1, -0.05) is 31.7 Å². The first-order chi connectivity index (χ1) is 11.9. The Morgan fingerprint density at radius 2 is 1.92 bits per heavy atom. The van der Waals surface area contributed by atoms with Gasteiger partial charge < -0.3 is 10.4 Å². The number of benzene rings is 1. The van der Waals surface area contributed by atoms with Crippen LogP contribution >= 0.6 is 0 Å². The molecule has 1 fully saturated rings. The van der Waals surface area contributed by atoms with E-state index in [1.54, 1.807) is 0 Å². The summed E-state index contributed by atoms with van der Waals surface area (Å²) in [6.07, 6.45) is 9.66. The summed E-state index contributed by atoms with van der Waals surface area (Å²) >= 11 is 0. The number of ketones is 1. The first kappa shape index (κ1) is 18.2. The van der Waals surface area contributed by atoms with Gasteiger partial charge in [0.2, 0.25) is 0 Å². The van der Waals surface area contributed by atoms with Crippen LogP contribution in [0.2, 0.25) is 0 Å². The molecule has 1 aromatic carbocycles. The lowest BCUT2D eigenvalue weighted by molar-refractivity contribution is -0.118. The number of nitrogens with one attached hydrogen (secondary N) is 1. The largest absolute Gasteiger partial charge is 0.392 e. The van der Waals surface area contributed by atoms with Gasteiger partial charge in [0.15, 0.2) is 5.78 Å². The number of aliphatic hydroxyl groups is 1. The zero-order valence-corrected chi connectivity index (χ0v) is 15.8. The van der Waals surface area contributed by atoms with Crippen molar-refractivity contribution in [3.05, 3.63) is 40.5 Å². The standard InChI is InChI=1S/C22H31NO2/c1-15-10-17-13-22(2,3)23-20(19(17)11-18(15)14-24)12-21(25)16-8-6-4-5-7-9-16/h10-12,16,23-24H,4-9,13-14H2,1-3H3/b20-12-. The third-order valence-electron chi connectivity index (χ3n) is 5.67. The molecule has 0 bridgehead atoms. The van der Waals surface area contributed by atoms with Crippen LogP contribution in [0.25, 0.3) is 5.70 Å². The summed E-state index contributed by atoms with van der Waals surface area (Å²) in [6.45, 7) is 6.43. The molecule has 1 heterocycles.